The van der Waals surface area contributed by atoms with Crippen LogP contribution in [0.3, 0.4) is 0 Å². The molecule has 0 bridgehead atoms. The van der Waals surface area contributed by atoms with Gasteiger partial charge >= 0.3 is 6.03 Å². The summed E-state index contributed by atoms with van der Waals surface area (Å²) in [7, 11) is 0. The first-order valence-corrected chi connectivity index (χ1v) is 9.14. The molecule has 1 aliphatic rings. The highest BCUT2D eigenvalue weighted by Crippen LogP contribution is 2.16. The van der Waals surface area contributed by atoms with Gasteiger partial charge in [-0.25, -0.2) is 4.79 Å². The van der Waals surface area contributed by atoms with E-state index in [1.165, 1.54) is 5.56 Å². The number of carbonyl (C=O) groups excluding carboxylic acids is 1. The van der Waals surface area contributed by atoms with Crippen LogP contribution >= 0.6 is 0 Å². The average Bonchev–Trinajstić information content (AvgIpc) is 2.66. The van der Waals surface area contributed by atoms with Crippen molar-refractivity contribution in [2.24, 2.45) is 0 Å². The molecule has 1 aliphatic heterocycles. The molecule has 1 fully saturated rings. The number of anilines is 1. The first-order valence-electron chi connectivity index (χ1n) is 9.14. The minimum atomic E-state index is -0.151. The van der Waals surface area contributed by atoms with E-state index in [1.54, 1.807) is 0 Å². The van der Waals surface area contributed by atoms with Gasteiger partial charge in [-0.1, -0.05) is 0 Å². The second kappa shape index (κ2) is 9.20. The molecule has 2 amide bonds. The molecule has 6 nitrogen and oxygen atoms in total. The predicted molar refractivity (Wildman–Crippen MR) is 102 cm³/mol. The first-order chi connectivity index (χ1) is 12.7. The van der Waals surface area contributed by atoms with Crippen LogP contribution in [0, 0.1) is 0 Å². The first kappa shape index (κ1) is 18.2. The zero-order valence-corrected chi connectivity index (χ0v) is 15.1. The molecule has 2 aromatic rings. The Kier molecular flexibility index (Phi) is 6.44. The summed E-state index contributed by atoms with van der Waals surface area (Å²) >= 11 is 0. The Balaban J connectivity index is 1.40. The number of piperidine rings is 1. The number of urea groups is 1. The number of pyridine rings is 1. The van der Waals surface area contributed by atoms with Crippen molar-refractivity contribution >= 4 is 11.7 Å². The van der Waals surface area contributed by atoms with Crippen molar-refractivity contribution in [3.05, 3.63) is 54.4 Å². The number of hydrogen-bond acceptors (Lipinski definition) is 4. The van der Waals surface area contributed by atoms with Gasteiger partial charge in [0, 0.05) is 43.8 Å². The van der Waals surface area contributed by atoms with Crippen LogP contribution in [0.1, 0.15) is 25.3 Å². The van der Waals surface area contributed by atoms with E-state index in [2.05, 4.69) is 32.7 Å². The maximum atomic E-state index is 12.2. The number of rotatable bonds is 6. The van der Waals surface area contributed by atoms with E-state index in [9.17, 15) is 4.79 Å². The minimum Gasteiger partial charge on any atom is -0.494 e. The van der Waals surface area contributed by atoms with Gasteiger partial charge < -0.3 is 15.4 Å². The van der Waals surface area contributed by atoms with E-state index in [0.29, 0.717) is 6.61 Å². The van der Waals surface area contributed by atoms with Gasteiger partial charge in [0.1, 0.15) is 5.75 Å². The zero-order valence-electron chi connectivity index (χ0n) is 15.1. The summed E-state index contributed by atoms with van der Waals surface area (Å²) in [6, 6.07) is 11.6. The fourth-order valence-electron chi connectivity index (χ4n) is 3.14. The number of hydrogen-bond donors (Lipinski definition) is 2. The number of nitrogens with one attached hydrogen (secondary N) is 2. The molecule has 0 aliphatic carbocycles. The summed E-state index contributed by atoms with van der Waals surface area (Å²) in [6.45, 7) is 5.48. The maximum Gasteiger partial charge on any atom is 0.319 e. The van der Waals surface area contributed by atoms with Crippen molar-refractivity contribution in [1.29, 1.82) is 0 Å². The number of likely N-dealkylation sites (tertiary alicyclic amines) is 1. The number of aromatic nitrogens is 1. The molecule has 1 saturated heterocycles. The van der Waals surface area contributed by atoms with Gasteiger partial charge in [0.25, 0.3) is 0 Å². The average molecular weight is 354 g/mol. The van der Waals surface area contributed by atoms with Gasteiger partial charge in [0.2, 0.25) is 0 Å². The Morgan fingerprint density at radius 1 is 1.15 bits per heavy atom. The molecule has 0 saturated carbocycles. The Labute approximate surface area is 154 Å². The van der Waals surface area contributed by atoms with Gasteiger partial charge in [-0.3, -0.25) is 9.88 Å². The van der Waals surface area contributed by atoms with E-state index >= 15 is 0 Å². The summed E-state index contributed by atoms with van der Waals surface area (Å²) in [5.74, 6) is 0.806. The molecule has 1 aromatic heterocycles. The van der Waals surface area contributed by atoms with Crippen molar-refractivity contribution in [2.45, 2.75) is 32.4 Å². The third kappa shape index (κ3) is 5.46. The molecular weight excluding hydrogens is 328 g/mol. The van der Waals surface area contributed by atoms with E-state index in [-0.39, 0.29) is 12.1 Å². The monoisotopic (exact) mass is 354 g/mol. The summed E-state index contributed by atoms with van der Waals surface area (Å²) in [5.41, 5.74) is 2.04. The number of nitrogens with zero attached hydrogens (tertiary/aromatic N) is 2. The molecule has 0 radical (unpaired) electrons. The van der Waals surface area contributed by atoms with Crippen molar-refractivity contribution in [2.75, 3.05) is 25.0 Å². The maximum absolute atomic E-state index is 12.2. The second-order valence-corrected chi connectivity index (χ2v) is 6.46. The number of ether oxygens (including phenoxy) is 1. The van der Waals surface area contributed by atoms with Crippen molar-refractivity contribution in [3.63, 3.8) is 0 Å². The normalized spacial score (nSPS) is 15.4. The summed E-state index contributed by atoms with van der Waals surface area (Å²) < 4.78 is 5.40. The topological polar surface area (TPSA) is 66.5 Å². The van der Waals surface area contributed by atoms with E-state index < -0.39 is 0 Å². The SMILES string of the molecule is CCOc1ccc(NC(=O)NC2CCN(Cc3ccncc3)CC2)cc1. The van der Waals surface area contributed by atoms with Crippen molar-refractivity contribution in [3.8, 4) is 5.75 Å². The highest BCUT2D eigenvalue weighted by Gasteiger charge is 2.20. The van der Waals surface area contributed by atoms with Crippen LogP contribution in [0.15, 0.2) is 48.8 Å². The van der Waals surface area contributed by atoms with Crippen LogP contribution in [-0.4, -0.2) is 41.7 Å². The summed E-state index contributed by atoms with van der Waals surface area (Å²) in [6.07, 6.45) is 5.58. The van der Waals surface area contributed by atoms with Gasteiger partial charge in [0.05, 0.1) is 6.61 Å². The van der Waals surface area contributed by atoms with E-state index in [0.717, 1.165) is 43.9 Å². The quantitative estimate of drug-likeness (QED) is 0.836. The lowest BCUT2D eigenvalue weighted by Crippen LogP contribution is -2.45. The number of benzene rings is 1. The molecule has 2 heterocycles. The highest BCUT2D eigenvalue weighted by atomic mass is 16.5. The van der Waals surface area contributed by atoms with Gasteiger partial charge in [-0.2, -0.15) is 0 Å². The fourth-order valence-corrected chi connectivity index (χ4v) is 3.14. The van der Waals surface area contributed by atoms with Crippen LogP contribution < -0.4 is 15.4 Å². The fraction of sp³-hybridized carbons (Fsp3) is 0.400. The molecular formula is C20H26N4O2. The van der Waals surface area contributed by atoms with E-state index in [1.807, 2.05) is 43.6 Å². The molecule has 2 N–H and O–H groups in total. The second-order valence-electron chi connectivity index (χ2n) is 6.46. The van der Waals surface area contributed by atoms with Crippen LogP contribution in [0.2, 0.25) is 0 Å². The third-order valence-corrected chi connectivity index (χ3v) is 4.50. The van der Waals surface area contributed by atoms with Crippen molar-refractivity contribution < 1.29 is 9.53 Å². The lowest BCUT2D eigenvalue weighted by Gasteiger charge is -2.32. The van der Waals surface area contributed by atoms with E-state index in [4.69, 9.17) is 4.74 Å². The lowest BCUT2D eigenvalue weighted by atomic mass is 10.0. The minimum absolute atomic E-state index is 0.151. The van der Waals surface area contributed by atoms with Crippen LogP contribution in [-0.2, 0) is 6.54 Å². The lowest BCUT2D eigenvalue weighted by molar-refractivity contribution is 0.190. The smallest absolute Gasteiger partial charge is 0.319 e. The molecule has 1 aromatic carbocycles. The Hall–Kier alpha value is -2.60. The number of carbonyl (C=O) groups is 1. The van der Waals surface area contributed by atoms with Crippen LogP contribution in [0.25, 0.3) is 0 Å². The molecule has 0 spiro atoms. The van der Waals surface area contributed by atoms with Gasteiger partial charge in [0.15, 0.2) is 0 Å². The zero-order chi connectivity index (χ0) is 18.2. The predicted octanol–water partition coefficient (Wildman–Crippen LogP) is 3.27. The van der Waals surface area contributed by atoms with Gasteiger partial charge in [-0.15, -0.1) is 0 Å². The molecule has 3 rings (SSSR count). The molecule has 0 unspecified atom stereocenters. The summed E-state index contributed by atoms with van der Waals surface area (Å²) in [5, 5.41) is 5.96. The molecule has 6 heteroatoms. The van der Waals surface area contributed by atoms with Crippen LogP contribution in [0.5, 0.6) is 5.75 Å². The molecule has 138 valence electrons. The summed E-state index contributed by atoms with van der Waals surface area (Å²) in [4.78, 5) is 18.7. The highest BCUT2D eigenvalue weighted by molar-refractivity contribution is 5.89. The molecule has 0 atom stereocenters. The Morgan fingerprint density at radius 2 is 1.85 bits per heavy atom. The van der Waals surface area contributed by atoms with Crippen molar-refractivity contribution in [1.82, 2.24) is 15.2 Å². The number of amides is 2. The molecule has 26 heavy (non-hydrogen) atoms. The third-order valence-electron chi connectivity index (χ3n) is 4.50. The van der Waals surface area contributed by atoms with Gasteiger partial charge in [-0.05, 0) is 61.7 Å². The van der Waals surface area contributed by atoms with Crippen LogP contribution in [0.4, 0.5) is 10.5 Å². The largest absolute Gasteiger partial charge is 0.494 e. The Bertz CT molecular complexity index is 683. The Morgan fingerprint density at radius 3 is 2.50 bits per heavy atom. The standard InChI is InChI=1S/C20H26N4O2/c1-2-26-19-5-3-17(4-6-19)22-20(25)23-18-9-13-24(14-10-18)15-16-7-11-21-12-8-16/h3-8,11-12,18H,2,9-10,13-15H2,1H3,(H2,22,23,25).